The van der Waals surface area contributed by atoms with Crippen LogP contribution in [0.3, 0.4) is 0 Å². The maximum Gasteiger partial charge on any atom is 0.136 e. The van der Waals surface area contributed by atoms with E-state index < -0.39 is 0 Å². The van der Waals surface area contributed by atoms with Crippen molar-refractivity contribution >= 4 is 44.8 Å². The molecule has 0 aromatic heterocycles. The average molecular weight is 347 g/mol. The fraction of sp³-hybridized carbons (Fsp3) is 0.0769. The fourth-order valence-electron chi connectivity index (χ4n) is 1.43. The van der Waals surface area contributed by atoms with Gasteiger partial charge in [0.15, 0.2) is 0 Å². The van der Waals surface area contributed by atoms with Crippen LogP contribution in [0, 0.1) is 0 Å². The van der Waals surface area contributed by atoms with Crippen molar-refractivity contribution in [1.82, 2.24) is 0 Å². The Bertz CT molecular complexity index is 575. The lowest BCUT2D eigenvalue weighted by Crippen LogP contribution is -1.98. The van der Waals surface area contributed by atoms with Gasteiger partial charge in [0, 0.05) is 21.3 Å². The van der Waals surface area contributed by atoms with Crippen LogP contribution in [0.25, 0.3) is 0 Å². The first-order valence-corrected chi connectivity index (χ1v) is 6.73. The Kier molecular flexibility index (Phi) is 4.38. The summed E-state index contributed by atoms with van der Waals surface area (Å²) in [5.41, 5.74) is 7.27. The summed E-state index contributed by atoms with van der Waals surface area (Å²) in [5.74, 6) is 0.681. The minimum absolute atomic E-state index is 0.359. The predicted octanol–water partition coefficient (Wildman–Crippen LogP) is 4.92. The van der Waals surface area contributed by atoms with E-state index in [9.17, 15) is 0 Å². The van der Waals surface area contributed by atoms with Gasteiger partial charge in [-0.3, -0.25) is 0 Å². The fourth-order valence-corrected chi connectivity index (χ4v) is 2.28. The zero-order valence-electron chi connectivity index (χ0n) is 9.29. The number of halogens is 3. The standard InChI is InChI=1S/C13H10BrCl2NO/c14-13-11(17)2-1-3-12(13)18-7-8-4-5-9(15)6-10(8)16/h1-6H,7,17H2. The first-order valence-electron chi connectivity index (χ1n) is 5.18. The van der Waals surface area contributed by atoms with Crippen LogP contribution in [0.5, 0.6) is 5.75 Å². The van der Waals surface area contributed by atoms with Crippen LogP contribution in [-0.4, -0.2) is 0 Å². The molecule has 0 saturated carbocycles. The van der Waals surface area contributed by atoms with Crippen LogP contribution in [0.4, 0.5) is 5.69 Å². The third kappa shape index (κ3) is 3.10. The molecule has 0 aliphatic carbocycles. The lowest BCUT2D eigenvalue weighted by atomic mass is 10.2. The van der Waals surface area contributed by atoms with E-state index in [1.807, 2.05) is 18.2 Å². The average Bonchev–Trinajstić information content (AvgIpc) is 2.33. The molecule has 0 bridgehead atoms. The number of nitrogen functional groups attached to an aromatic ring is 1. The maximum absolute atomic E-state index is 6.07. The van der Waals surface area contributed by atoms with Crippen molar-refractivity contribution in [3.05, 3.63) is 56.5 Å². The summed E-state index contributed by atoms with van der Waals surface area (Å²) in [5, 5.41) is 1.19. The number of nitrogens with two attached hydrogens (primary N) is 1. The van der Waals surface area contributed by atoms with Gasteiger partial charge in [0.2, 0.25) is 0 Å². The molecule has 0 heterocycles. The molecule has 0 aliphatic heterocycles. The quantitative estimate of drug-likeness (QED) is 0.801. The molecule has 2 aromatic carbocycles. The van der Waals surface area contributed by atoms with Crippen molar-refractivity contribution in [1.29, 1.82) is 0 Å². The molecule has 0 aliphatic rings. The van der Waals surface area contributed by atoms with Gasteiger partial charge in [-0.25, -0.2) is 0 Å². The van der Waals surface area contributed by atoms with Crippen LogP contribution >= 0.6 is 39.1 Å². The topological polar surface area (TPSA) is 35.2 Å². The minimum Gasteiger partial charge on any atom is -0.488 e. The molecule has 0 fully saturated rings. The maximum atomic E-state index is 6.07. The van der Waals surface area contributed by atoms with E-state index in [1.54, 1.807) is 18.2 Å². The van der Waals surface area contributed by atoms with Crippen molar-refractivity contribution in [2.45, 2.75) is 6.61 Å². The summed E-state index contributed by atoms with van der Waals surface area (Å²) < 4.78 is 6.42. The van der Waals surface area contributed by atoms with E-state index in [0.717, 1.165) is 10.0 Å². The molecule has 0 amide bonds. The van der Waals surface area contributed by atoms with Crippen LogP contribution in [-0.2, 0) is 6.61 Å². The smallest absolute Gasteiger partial charge is 0.136 e. The minimum atomic E-state index is 0.359. The van der Waals surface area contributed by atoms with Gasteiger partial charge in [-0.15, -0.1) is 0 Å². The highest BCUT2D eigenvalue weighted by atomic mass is 79.9. The van der Waals surface area contributed by atoms with Gasteiger partial charge in [0.25, 0.3) is 0 Å². The Labute approximate surface area is 124 Å². The molecule has 0 saturated heterocycles. The van der Waals surface area contributed by atoms with E-state index in [-0.39, 0.29) is 0 Å². The van der Waals surface area contributed by atoms with E-state index >= 15 is 0 Å². The normalized spacial score (nSPS) is 10.4. The molecular weight excluding hydrogens is 337 g/mol. The highest BCUT2D eigenvalue weighted by Gasteiger charge is 2.06. The number of ether oxygens (including phenoxy) is 1. The lowest BCUT2D eigenvalue weighted by molar-refractivity contribution is 0.304. The monoisotopic (exact) mass is 345 g/mol. The molecule has 2 rings (SSSR count). The highest BCUT2D eigenvalue weighted by Crippen LogP contribution is 2.31. The predicted molar refractivity (Wildman–Crippen MR) is 79.3 cm³/mol. The van der Waals surface area contributed by atoms with Gasteiger partial charge in [0.1, 0.15) is 12.4 Å². The molecule has 2 N–H and O–H groups in total. The second-order valence-corrected chi connectivity index (χ2v) is 5.32. The van der Waals surface area contributed by atoms with Crippen molar-refractivity contribution in [2.24, 2.45) is 0 Å². The van der Waals surface area contributed by atoms with E-state index in [4.69, 9.17) is 33.7 Å². The molecule has 94 valence electrons. The number of anilines is 1. The van der Waals surface area contributed by atoms with Gasteiger partial charge in [0.05, 0.1) is 4.47 Å². The van der Waals surface area contributed by atoms with Crippen molar-refractivity contribution in [2.75, 3.05) is 5.73 Å². The molecule has 2 nitrogen and oxygen atoms in total. The number of hydrogen-bond acceptors (Lipinski definition) is 2. The molecule has 0 unspecified atom stereocenters. The highest BCUT2D eigenvalue weighted by molar-refractivity contribution is 9.10. The summed E-state index contributed by atoms with van der Waals surface area (Å²) >= 11 is 15.3. The Morgan fingerprint density at radius 1 is 1.17 bits per heavy atom. The van der Waals surface area contributed by atoms with Crippen LogP contribution in [0.1, 0.15) is 5.56 Å². The summed E-state index contributed by atoms with van der Waals surface area (Å²) in [6, 6.07) is 10.8. The van der Waals surface area contributed by atoms with Gasteiger partial charge in [-0.05, 0) is 40.2 Å². The largest absolute Gasteiger partial charge is 0.488 e. The van der Waals surface area contributed by atoms with Gasteiger partial charge in [-0.1, -0.05) is 35.3 Å². The molecular formula is C13H10BrCl2NO. The third-order valence-electron chi connectivity index (χ3n) is 2.39. The van der Waals surface area contributed by atoms with Crippen molar-refractivity contribution < 1.29 is 4.74 Å². The van der Waals surface area contributed by atoms with E-state index in [2.05, 4.69) is 15.9 Å². The summed E-state index contributed by atoms with van der Waals surface area (Å²) in [6.07, 6.45) is 0. The molecule has 2 aromatic rings. The van der Waals surface area contributed by atoms with E-state index in [0.29, 0.717) is 28.1 Å². The van der Waals surface area contributed by atoms with Crippen molar-refractivity contribution in [3.63, 3.8) is 0 Å². The van der Waals surface area contributed by atoms with Crippen LogP contribution in [0.15, 0.2) is 40.9 Å². The van der Waals surface area contributed by atoms with Gasteiger partial charge < -0.3 is 10.5 Å². The SMILES string of the molecule is Nc1cccc(OCc2ccc(Cl)cc2Cl)c1Br. The van der Waals surface area contributed by atoms with Crippen LogP contribution < -0.4 is 10.5 Å². The summed E-state index contributed by atoms with van der Waals surface area (Å²) in [7, 11) is 0. The molecule has 0 atom stereocenters. The van der Waals surface area contributed by atoms with E-state index in [1.165, 1.54) is 0 Å². The second kappa shape index (κ2) is 5.83. The Morgan fingerprint density at radius 3 is 2.67 bits per heavy atom. The molecule has 18 heavy (non-hydrogen) atoms. The Hall–Kier alpha value is -0.900. The summed E-state index contributed by atoms with van der Waals surface area (Å²) in [6.45, 7) is 0.359. The molecule has 0 radical (unpaired) electrons. The number of rotatable bonds is 3. The second-order valence-electron chi connectivity index (χ2n) is 3.68. The molecule has 5 heteroatoms. The van der Waals surface area contributed by atoms with Gasteiger partial charge >= 0.3 is 0 Å². The first kappa shape index (κ1) is 13.5. The van der Waals surface area contributed by atoms with Gasteiger partial charge in [-0.2, -0.15) is 0 Å². The third-order valence-corrected chi connectivity index (χ3v) is 3.83. The first-order chi connectivity index (χ1) is 8.58. The number of hydrogen-bond donors (Lipinski definition) is 1. The summed E-state index contributed by atoms with van der Waals surface area (Å²) in [4.78, 5) is 0. The zero-order valence-corrected chi connectivity index (χ0v) is 12.4. The Morgan fingerprint density at radius 2 is 1.94 bits per heavy atom. The number of benzene rings is 2. The zero-order chi connectivity index (χ0) is 13.1. The Balaban J connectivity index is 2.14. The molecule has 0 spiro atoms. The van der Waals surface area contributed by atoms with Crippen molar-refractivity contribution in [3.8, 4) is 5.75 Å². The van der Waals surface area contributed by atoms with Crippen LogP contribution in [0.2, 0.25) is 10.0 Å². The lowest BCUT2D eigenvalue weighted by Gasteiger charge is -2.10.